The van der Waals surface area contributed by atoms with Crippen LogP contribution in [0.15, 0.2) is 42.0 Å². The van der Waals surface area contributed by atoms with Crippen LogP contribution >= 0.6 is 0 Å². The molecule has 2 aromatic rings. The summed E-state index contributed by atoms with van der Waals surface area (Å²) in [5, 5.41) is 11.5. The van der Waals surface area contributed by atoms with Crippen molar-refractivity contribution < 1.29 is 4.74 Å². The maximum atomic E-state index is 5.64. The van der Waals surface area contributed by atoms with Crippen molar-refractivity contribution >= 4 is 6.21 Å². The molecule has 5 heteroatoms. The van der Waals surface area contributed by atoms with Gasteiger partial charge in [-0.1, -0.05) is 19.8 Å². The van der Waals surface area contributed by atoms with Gasteiger partial charge >= 0.3 is 0 Å². The third kappa shape index (κ3) is 4.54. The first kappa shape index (κ1) is 13.3. The molecule has 0 radical (unpaired) electrons. The van der Waals surface area contributed by atoms with E-state index in [0.717, 1.165) is 24.3 Å². The Labute approximate surface area is 112 Å². The average molecular weight is 258 g/mol. The standard InChI is InChI=1S/C14H18N4O/c1-2-3-4-9-19-14-7-5-13(6-8-14)10-17-18-11-15-16-12-18/h5-8,10-12H,2-4,9H2,1H3/b17-10+. The lowest BCUT2D eigenvalue weighted by molar-refractivity contribution is 0.306. The van der Waals surface area contributed by atoms with Gasteiger partial charge < -0.3 is 4.74 Å². The Morgan fingerprint density at radius 2 is 1.89 bits per heavy atom. The van der Waals surface area contributed by atoms with Gasteiger partial charge in [-0.3, -0.25) is 0 Å². The van der Waals surface area contributed by atoms with Crippen LogP contribution in [0.5, 0.6) is 5.75 Å². The van der Waals surface area contributed by atoms with Crippen LogP contribution in [0, 0.1) is 0 Å². The highest BCUT2D eigenvalue weighted by atomic mass is 16.5. The molecular weight excluding hydrogens is 240 g/mol. The Bertz CT molecular complexity index is 491. The zero-order chi connectivity index (χ0) is 13.3. The highest BCUT2D eigenvalue weighted by Crippen LogP contribution is 2.12. The summed E-state index contributed by atoms with van der Waals surface area (Å²) in [6.45, 7) is 2.96. The molecule has 0 aliphatic heterocycles. The fraction of sp³-hybridized carbons (Fsp3) is 0.357. The van der Waals surface area contributed by atoms with Gasteiger partial charge in [-0.2, -0.15) is 5.10 Å². The van der Waals surface area contributed by atoms with Crippen LogP contribution in [-0.4, -0.2) is 27.7 Å². The van der Waals surface area contributed by atoms with Crippen LogP contribution in [0.2, 0.25) is 0 Å². The second-order valence-corrected chi connectivity index (χ2v) is 4.21. The normalized spacial score (nSPS) is 11.0. The quantitative estimate of drug-likeness (QED) is 0.567. The van der Waals surface area contributed by atoms with Crippen molar-refractivity contribution in [1.82, 2.24) is 14.9 Å². The predicted octanol–water partition coefficient (Wildman–Crippen LogP) is 2.73. The predicted molar refractivity (Wildman–Crippen MR) is 74.5 cm³/mol. The molecule has 5 nitrogen and oxygen atoms in total. The van der Waals surface area contributed by atoms with Crippen molar-refractivity contribution in [3.8, 4) is 5.75 Å². The minimum atomic E-state index is 0.780. The largest absolute Gasteiger partial charge is 0.494 e. The van der Waals surface area contributed by atoms with Crippen LogP contribution < -0.4 is 4.74 Å². The monoisotopic (exact) mass is 258 g/mol. The first-order valence-electron chi connectivity index (χ1n) is 6.50. The zero-order valence-corrected chi connectivity index (χ0v) is 11.1. The van der Waals surface area contributed by atoms with E-state index in [9.17, 15) is 0 Å². The molecule has 2 rings (SSSR count). The third-order valence-electron chi connectivity index (χ3n) is 2.64. The van der Waals surface area contributed by atoms with Crippen molar-refractivity contribution in [2.75, 3.05) is 6.61 Å². The minimum absolute atomic E-state index is 0.780. The van der Waals surface area contributed by atoms with Gasteiger partial charge in [-0.25, -0.2) is 4.68 Å². The number of ether oxygens (including phenoxy) is 1. The number of rotatable bonds is 7. The van der Waals surface area contributed by atoms with Gasteiger partial charge in [-0.15, -0.1) is 10.2 Å². The Morgan fingerprint density at radius 1 is 1.16 bits per heavy atom. The van der Waals surface area contributed by atoms with Gasteiger partial charge in [0.05, 0.1) is 12.8 Å². The molecule has 0 unspecified atom stereocenters. The zero-order valence-electron chi connectivity index (χ0n) is 11.1. The molecule has 0 spiro atoms. The first-order chi connectivity index (χ1) is 9.38. The Kier molecular flexibility index (Phi) is 5.10. The summed E-state index contributed by atoms with van der Waals surface area (Å²) >= 11 is 0. The molecule has 1 heterocycles. The number of unbranched alkanes of at least 4 members (excludes halogenated alkanes) is 2. The number of aromatic nitrogens is 3. The Balaban J connectivity index is 1.84. The first-order valence-corrected chi connectivity index (χ1v) is 6.50. The van der Waals surface area contributed by atoms with E-state index in [2.05, 4.69) is 22.2 Å². The molecular formula is C14H18N4O. The average Bonchev–Trinajstić information content (AvgIpc) is 2.96. The van der Waals surface area contributed by atoms with E-state index in [1.165, 1.54) is 12.8 Å². The van der Waals surface area contributed by atoms with E-state index in [-0.39, 0.29) is 0 Å². The van der Waals surface area contributed by atoms with Gasteiger partial charge in [-0.05, 0) is 36.2 Å². The summed E-state index contributed by atoms with van der Waals surface area (Å²) in [6, 6.07) is 7.87. The summed E-state index contributed by atoms with van der Waals surface area (Å²) in [5.74, 6) is 0.901. The Hall–Kier alpha value is -2.17. The summed E-state index contributed by atoms with van der Waals surface area (Å²) in [6.07, 6.45) is 8.37. The van der Waals surface area contributed by atoms with Crippen molar-refractivity contribution in [3.05, 3.63) is 42.5 Å². The maximum Gasteiger partial charge on any atom is 0.141 e. The van der Waals surface area contributed by atoms with Crippen LogP contribution in [0.1, 0.15) is 31.7 Å². The van der Waals surface area contributed by atoms with E-state index < -0.39 is 0 Å². The van der Waals surface area contributed by atoms with E-state index in [1.54, 1.807) is 23.5 Å². The van der Waals surface area contributed by atoms with E-state index in [4.69, 9.17) is 4.74 Å². The van der Waals surface area contributed by atoms with Gasteiger partial charge in [0.25, 0.3) is 0 Å². The molecule has 1 aromatic heterocycles. The van der Waals surface area contributed by atoms with Crippen LogP contribution in [0.4, 0.5) is 0 Å². The fourth-order valence-electron chi connectivity index (χ4n) is 1.58. The highest BCUT2D eigenvalue weighted by Gasteiger charge is 1.94. The van der Waals surface area contributed by atoms with Crippen molar-refractivity contribution in [2.24, 2.45) is 5.10 Å². The van der Waals surface area contributed by atoms with Gasteiger partial charge in [0, 0.05) is 0 Å². The number of benzene rings is 1. The van der Waals surface area contributed by atoms with Crippen molar-refractivity contribution in [3.63, 3.8) is 0 Å². The Morgan fingerprint density at radius 3 is 2.58 bits per heavy atom. The fourth-order valence-corrected chi connectivity index (χ4v) is 1.58. The molecule has 0 saturated heterocycles. The van der Waals surface area contributed by atoms with Crippen LogP contribution in [-0.2, 0) is 0 Å². The molecule has 0 bridgehead atoms. The topological polar surface area (TPSA) is 52.3 Å². The SMILES string of the molecule is CCCCCOc1ccc(/C=N/n2cnnc2)cc1. The van der Waals surface area contributed by atoms with Crippen molar-refractivity contribution in [2.45, 2.75) is 26.2 Å². The summed E-state index contributed by atoms with van der Waals surface area (Å²) in [4.78, 5) is 0. The number of hydrogen-bond acceptors (Lipinski definition) is 4. The highest BCUT2D eigenvalue weighted by molar-refractivity contribution is 5.79. The van der Waals surface area contributed by atoms with Gasteiger partial charge in [0.2, 0.25) is 0 Å². The minimum Gasteiger partial charge on any atom is -0.494 e. The maximum absolute atomic E-state index is 5.64. The molecule has 0 fully saturated rings. The smallest absolute Gasteiger partial charge is 0.141 e. The van der Waals surface area contributed by atoms with E-state index in [1.807, 2.05) is 24.3 Å². The molecule has 0 atom stereocenters. The number of nitrogens with zero attached hydrogens (tertiary/aromatic N) is 4. The molecule has 0 amide bonds. The van der Waals surface area contributed by atoms with Gasteiger partial charge in [0.1, 0.15) is 18.4 Å². The summed E-state index contributed by atoms with van der Waals surface area (Å²) in [5.41, 5.74) is 1.01. The second-order valence-electron chi connectivity index (χ2n) is 4.21. The summed E-state index contributed by atoms with van der Waals surface area (Å²) in [7, 11) is 0. The lowest BCUT2D eigenvalue weighted by Crippen LogP contribution is -1.97. The number of hydrogen-bond donors (Lipinski definition) is 0. The van der Waals surface area contributed by atoms with E-state index in [0.29, 0.717) is 0 Å². The molecule has 0 N–H and O–H groups in total. The molecule has 0 aliphatic carbocycles. The van der Waals surface area contributed by atoms with E-state index >= 15 is 0 Å². The second kappa shape index (κ2) is 7.31. The molecule has 100 valence electrons. The third-order valence-corrected chi connectivity index (χ3v) is 2.64. The summed E-state index contributed by atoms with van der Waals surface area (Å²) < 4.78 is 7.19. The molecule has 0 saturated carbocycles. The molecule has 19 heavy (non-hydrogen) atoms. The van der Waals surface area contributed by atoms with Crippen LogP contribution in [0.3, 0.4) is 0 Å². The van der Waals surface area contributed by atoms with Crippen molar-refractivity contribution in [1.29, 1.82) is 0 Å². The molecule has 1 aromatic carbocycles. The van der Waals surface area contributed by atoms with Crippen LogP contribution in [0.25, 0.3) is 0 Å². The lowest BCUT2D eigenvalue weighted by atomic mass is 10.2. The molecule has 0 aliphatic rings. The van der Waals surface area contributed by atoms with Gasteiger partial charge in [0.15, 0.2) is 0 Å². The lowest BCUT2D eigenvalue weighted by Gasteiger charge is -2.05.